The fraction of sp³-hybridized carbons (Fsp3) is 0.348. The van der Waals surface area contributed by atoms with Crippen LogP contribution in [0.1, 0.15) is 24.8 Å². The van der Waals surface area contributed by atoms with E-state index < -0.39 is 28.3 Å². The van der Waals surface area contributed by atoms with E-state index in [0.29, 0.717) is 15.6 Å². The highest BCUT2D eigenvalue weighted by atomic mass is 32.2. The van der Waals surface area contributed by atoms with Crippen LogP contribution in [0.4, 0.5) is 10.1 Å². The molecular weight excluding hydrogens is 463 g/mol. The zero-order chi connectivity index (χ0) is 24.6. The van der Waals surface area contributed by atoms with Crippen LogP contribution in [-0.4, -0.2) is 63.8 Å². The number of carbonyl (C=O) groups excluding carboxylic acids is 2. The van der Waals surface area contributed by atoms with Gasteiger partial charge < -0.3 is 9.64 Å². The third-order valence-electron chi connectivity index (χ3n) is 5.16. The van der Waals surface area contributed by atoms with Crippen LogP contribution < -0.4 is 14.5 Å². The Hall–Kier alpha value is -3.47. The van der Waals surface area contributed by atoms with Gasteiger partial charge in [0, 0.05) is 13.1 Å². The molecule has 0 bridgehead atoms. The van der Waals surface area contributed by atoms with Crippen LogP contribution in [0.3, 0.4) is 0 Å². The van der Waals surface area contributed by atoms with Gasteiger partial charge in [-0.2, -0.15) is 5.10 Å². The minimum Gasteiger partial charge on any atom is -0.484 e. The van der Waals surface area contributed by atoms with Gasteiger partial charge in [0.2, 0.25) is 10.0 Å². The average Bonchev–Trinajstić information content (AvgIpc) is 2.82. The number of nitrogens with zero attached hydrogens (tertiary/aromatic N) is 3. The van der Waals surface area contributed by atoms with E-state index in [1.807, 2.05) is 4.90 Å². The Morgan fingerprint density at radius 3 is 2.44 bits per heavy atom. The van der Waals surface area contributed by atoms with E-state index >= 15 is 0 Å². The van der Waals surface area contributed by atoms with Crippen LogP contribution in [-0.2, 0) is 19.6 Å². The molecule has 0 aliphatic carbocycles. The molecule has 1 N–H and O–H groups in total. The van der Waals surface area contributed by atoms with E-state index in [0.717, 1.165) is 44.7 Å². The van der Waals surface area contributed by atoms with Crippen molar-refractivity contribution in [1.82, 2.24) is 10.3 Å². The number of anilines is 1. The molecule has 1 heterocycles. The second kappa shape index (κ2) is 11.6. The topological polar surface area (TPSA) is 108 Å². The number of para-hydroxylation sites is 1. The fourth-order valence-corrected chi connectivity index (χ4v) is 4.27. The number of nitrogens with one attached hydrogen (secondary N) is 1. The maximum absolute atomic E-state index is 14.0. The first-order valence-electron chi connectivity index (χ1n) is 10.8. The normalized spacial score (nSPS) is 14.1. The lowest BCUT2D eigenvalue weighted by molar-refractivity contribution is -0.134. The quantitative estimate of drug-likeness (QED) is 0.428. The molecule has 3 rings (SSSR count). The largest absolute Gasteiger partial charge is 0.484 e. The standard InChI is InChI=1S/C23H27FN4O5S/c1-34(31,32)28(21-8-4-3-7-20(21)24)16-22(29)26-25-15-18-9-11-19(12-10-18)33-17-23(30)27-13-5-2-6-14-27/h3-4,7-12,15H,2,5-6,13-14,16-17H2,1H3,(H,26,29)/b25-15-. The Labute approximate surface area is 198 Å². The van der Waals surface area contributed by atoms with Gasteiger partial charge in [0.1, 0.15) is 18.1 Å². The smallest absolute Gasteiger partial charge is 0.260 e. The number of sulfonamides is 1. The van der Waals surface area contributed by atoms with Crippen molar-refractivity contribution in [2.45, 2.75) is 19.3 Å². The van der Waals surface area contributed by atoms with Gasteiger partial charge >= 0.3 is 0 Å². The minimum atomic E-state index is -3.90. The lowest BCUT2D eigenvalue weighted by Crippen LogP contribution is -2.39. The van der Waals surface area contributed by atoms with Gasteiger partial charge in [-0.05, 0) is 61.2 Å². The van der Waals surface area contributed by atoms with Gasteiger partial charge in [-0.25, -0.2) is 18.2 Å². The summed E-state index contributed by atoms with van der Waals surface area (Å²) in [5.41, 5.74) is 2.65. The van der Waals surface area contributed by atoms with E-state index in [-0.39, 0.29) is 18.2 Å². The van der Waals surface area contributed by atoms with Gasteiger partial charge in [0.25, 0.3) is 11.8 Å². The number of hydrazone groups is 1. The van der Waals surface area contributed by atoms with E-state index in [9.17, 15) is 22.4 Å². The molecule has 182 valence electrons. The fourth-order valence-electron chi connectivity index (χ4n) is 3.41. The van der Waals surface area contributed by atoms with E-state index in [2.05, 4.69) is 10.5 Å². The summed E-state index contributed by atoms with van der Waals surface area (Å²) in [5.74, 6) is -1.00. The Bertz CT molecular complexity index is 1130. The molecular formula is C23H27FN4O5S. The first kappa shape index (κ1) is 25.2. The number of halogens is 1. The summed E-state index contributed by atoms with van der Waals surface area (Å²) in [6.45, 7) is 0.883. The lowest BCUT2D eigenvalue weighted by Gasteiger charge is -2.26. The van der Waals surface area contributed by atoms with E-state index in [4.69, 9.17) is 4.74 Å². The van der Waals surface area contributed by atoms with Crippen LogP contribution >= 0.6 is 0 Å². The minimum absolute atomic E-state index is 0.0255. The van der Waals surface area contributed by atoms with Crippen molar-refractivity contribution in [1.29, 1.82) is 0 Å². The van der Waals surface area contributed by atoms with Crippen LogP contribution in [0.2, 0.25) is 0 Å². The zero-order valence-electron chi connectivity index (χ0n) is 18.8. The Balaban J connectivity index is 1.51. The summed E-state index contributed by atoms with van der Waals surface area (Å²) in [4.78, 5) is 26.2. The van der Waals surface area contributed by atoms with Crippen LogP contribution in [0.5, 0.6) is 5.75 Å². The first-order valence-corrected chi connectivity index (χ1v) is 12.6. The number of piperidine rings is 1. The molecule has 0 atom stereocenters. The average molecular weight is 491 g/mol. The number of benzene rings is 2. The first-order chi connectivity index (χ1) is 16.2. The molecule has 1 saturated heterocycles. The Morgan fingerprint density at radius 1 is 1.12 bits per heavy atom. The van der Waals surface area contributed by atoms with Crippen molar-refractivity contribution in [2.24, 2.45) is 5.10 Å². The van der Waals surface area contributed by atoms with Crippen LogP contribution in [0, 0.1) is 5.82 Å². The summed E-state index contributed by atoms with van der Waals surface area (Å²) < 4.78 is 44.3. The molecule has 0 spiro atoms. The SMILES string of the molecule is CS(=O)(=O)N(CC(=O)N/N=C\c1ccc(OCC(=O)N2CCCCC2)cc1)c1ccccc1F. The second-order valence-electron chi connectivity index (χ2n) is 7.81. The number of rotatable bonds is 9. The molecule has 2 aromatic rings. The molecule has 1 aliphatic rings. The summed E-state index contributed by atoms with van der Waals surface area (Å²) in [5, 5.41) is 3.82. The van der Waals surface area contributed by atoms with Crippen LogP contribution in [0.25, 0.3) is 0 Å². The molecule has 0 aromatic heterocycles. The summed E-state index contributed by atoms with van der Waals surface area (Å²) in [7, 11) is -3.90. The Kier molecular flexibility index (Phi) is 8.58. The molecule has 1 aliphatic heterocycles. The molecule has 2 amide bonds. The van der Waals surface area contributed by atoms with Crippen molar-refractivity contribution in [3.05, 3.63) is 59.9 Å². The molecule has 9 nitrogen and oxygen atoms in total. The number of likely N-dealkylation sites (tertiary alicyclic amines) is 1. The summed E-state index contributed by atoms with van der Waals surface area (Å²) in [6, 6.07) is 12.0. The maximum atomic E-state index is 14.0. The predicted molar refractivity (Wildman–Crippen MR) is 127 cm³/mol. The predicted octanol–water partition coefficient (Wildman–Crippen LogP) is 2.13. The number of carbonyl (C=O) groups is 2. The molecule has 0 unspecified atom stereocenters. The maximum Gasteiger partial charge on any atom is 0.260 e. The highest BCUT2D eigenvalue weighted by molar-refractivity contribution is 7.92. The van der Waals surface area contributed by atoms with Crippen molar-refractivity contribution < 1.29 is 27.1 Å². The lowest BCUT2D eigenvalue weighted by atomic mass is 10.1. The van der Waals surface area contributed by atoms with Crippen molar-refractivity contribution in [2.75, 3.05) is 36.8 Å². The van der Waals surface area contributed by atoms with E-state index in [1.54, 1.807) is 24.3 Å². The summed E-state index contributed by atoms with van der Waals surface area (Å²) in [6.07, 6.45) is 5.45. The summed E-state index contributed by atoms with van der Waals surface area (Å²) >= 11 is 0. The van der Waals surface area contributed by atoms with Gasteiger partial charge in [-0.15, -0.1) is 0 Å². The number of hydrogen-bond acceptors (Lipinski definition) is 6. The number of amides is 2. The van der Waals surface area contributed by atoms with Gasteiger partial charge in [0.05, 0.1) is 18.2 Å². The molecule has 34 heavy (non-hydrogen) atoms. The third kappa shape index (κ3) is 7.27. The molecule has 0 saturated carbocycles. The monoisotopic (exact) mass is 490 g/mol. The third-order valence-corrected chi connectivity index (χ3v) is 6.29. The highest BCUT2D eigenvalue weighted by Crippen LogP contribution is 2.21. The van der Waals surface area contributed by atoms with Crippen molar-refractivity contribution in [3.63, 3.8) is 0 Å². The number of hydrogen-bond donors (Lipinski definition) is 1. The number of ether oxygens (including phenoxy) is 1. The molecule has 1 fully saturated rings. The van der Waals surface area contributed by atoms with Crippen molar-refractivity contribution >= 4 is 33.7 Å². The molecule has 11 heteroatoms. The van der Waals surface area contributed by atoms with Crippen molar-refractivity contribution in [3.8, 4) is 5.75 Å². The van der Waals surface area contributed by atoms with Crippen LogP contribution in [0.15, 0.2) is 53.6 Å². The van der Waals surface area contributed by atoms with Gasteiger partial charge in [-0.3, -0.25) is 13.9 Å². The second-order valence-corrected chi connectivity index (χ2v) is 9.72. The Morgan fingerprint density at radius 2 is 1.79 bits per heavy atom. The molecule has 0 radical (unpaired) electrons. The van der Waals surface area contributed by atoms with E-state index in [1.165, 1.54) is 24.4 Å². The zero-order valence-corrected chi connectivity index (χ0v) is 19.6. The van der Waals surface area contributed by atoms with Gasteiger partial charge in [0.15, 0.2) is 6.61 Å². The molecule has 2 aromatic carbocycles. The highest BCUT2D eigenvalue weighted by Gasteiger charge is 2.23. The van der Waals surface area contributed by atoms with Gasteiger partial charge in [-0.1, -0.05) is 12.1 Å².